The van der Waals surface area contributed by atoms with Crippen molar-refractivity contribution in [2.45, 2.75) is 39.3 Å². The number of aromatic nitrogens is 2. The molecule has 5 nitrogen and oxygen atoms in total. The Kier molecular flexibility index (Phi) is 3.41. The van der Waals surface area contributed by atoms with Crippen molar-refractivity contribution in [2.75, 3.05) is 0 Å². The molecule has 0 bridgehead atoms. The molecule has 0 aromatic carbocycles. The van der Waals surface area contributed by atoms with Crippen molar-refractivity contribution in [3.8, 4) is 0 Å². The molecule has 6 heteroatoms. The Hall–Kier alpha value is -1.01. The molecule has 1 rings (SSSR count). The SMILES string of the molecule is CC(N)c1nnc(C(=O)OC(C)(C)C)s1. The molecule has 0 saturated carbocycles. The molecule has 0 saturated heterocycles. The third-order valence-corrected chi connectivity index (χ3v) is 2.51. The van der Waals surface area contributed by atoms with E-state index in [4.69, 9.17) is 10.5 Å². The number of ether oxygens (including phenoxy) is 1. The predicted octanol–water partition coefficient (Wildman–Crippen LogP) is 1.51. The quantitative estimate of drug-likeness (QED) is 0.778. The molecule has 0 fully saturated rings. The molecular weight excluding hydrogens is 214 g/mol. The smallest absolute Gasteiger partial charge is 0.369 e. The lowest BCUT2D eigenvalue weighted by molar-refractivity contribution is 0.00683. The molecule has 1 unspecified atom stereocenters. The summed E-state index contributed by atoms with van der Waals surface area (Å²) < 4.78 is 5.14. The standard InChI is InChI=1S/C9H15N3O2S/c1-5(10)6-11-12-7(15-6)8(13)14-9(2,3)4/h5H,10H2,1-4H3. The van der Waals surface area contributed by atoms with Gasteiger partial charge in [-0.1, -0.05) is 11.3 Å². The van der Waals surface area contributed by atoms with Crippen LogP contribution in [-0.2, 0) is 4.74 Å². The highest BCUT2D eigenvalue weighted by atomic mass is 32.1. The second-order valence-corrected chi connectivity index (χ2v) is 5.25. The molecule has 1 aromatic rings. The van der Waals surface area contributed by atoms with E-state index in [0.29, 0.717) is 5.01 Å². The maximum atomic E-state index is 11.5. The maximum absolute atomic E-state index is 11.5. The van der Waals surface area contributed by atoms with Crippen LogP contribution < -0.4 is 5.73 Å². The van der Waals surface area contributed by atoms with Gasteiger partial charge in [-0.2, -0.15) is 0 Å². The van der Waals surface area contributed by atoms with Crippen LogP contribution in [0.2, 0.25) is 0 Å². The Balaban J connectivity index is 2.75. The number of carbonyl (C=O) groups excluding carboxylic acids is 1. The van der Waals surface area contributed by atoms with Crippen LogP contribution in [0.1, 0.15) is 48.5 Å². The number of hydrogen-bond acceptors (Lipinski definition) is 6. The largest absolute Gasteiger partial charge is 0.455 e. The summed E-state index contributed by atoms with van der Waals surface area (Å²) in [5.41, 5.74) is 5.09. The number of nitrogens with two attached hydrogens (primary N) is 1. The number of nitrogens with zero attached hydrogens (tertiary/aromatic N) is 2. The van der Waals surface area contributed by atoms with Crippen molar-refractivity contribution in [2.24, 2.45) is 5.73 Å². The van der Waals surface area contributed by atoms with Gasteiger partial charge in [-0.3, -0.25) is 0 Å². The van der Waals surface area contributed by atoms with Crippen molar-refractivity contribution < 1.29 is 9.53 Å². The maximum Gasteiger partial charge on any atom is 0.369 e. The number of carbonyl (C=O) groups is 1. The van der Waals surface area contributed by atoms with Crippen LogP contribution in [-0.4, -0.2) is 21.8 Å². The van der Waals surface area contributed by atoms with Gasteiger partial charge in [0.1, 0.15) is 10.6 Å². The Morgan fingerprint density at radius 2 is 2.07 bits per heavy atom. The first-order valence-corrected chi connectivity index (χ1v) is 5.43. The summed E-state index contributed by atoms with van der Waals surface area (Å²) in [6, 6.07) is -0.210. The summed E-state index contributed by atoms with van der Waals surface area (Å²) in [5, 5.41) is 8.43. The van der Waals surface area contributed by atoms with Crippen LogP contribution in [0.15, 0.2) is 0 Å². The lowest BCUT2D eigenvalue weighted by Crippen LogP contribution is -2.23. The highest BCUT2D eigenvalue weighted by molar-refractivity contribution is 7.13. The van der Waals surface area contributed by atoms with E-state index in [2.05, 4.69) is 10.2 Å². The Morgan fingerprint density at radius 3 is 2.47 bits per heavy atom. The van der Waals surface area contributed by atoms with Crippen LogP contribution in [0.25, 0.3) is 0 Å². The highest BCUT2D eigenvalue weighted by Crippen LogP contribution is 2.18. The molecule has 0 amide bonds. The summed E-state index contributed by atoms with van der Waals surface area (Å²) in [7, 11) is 0. The number of hydrogen-bond donors (Lipinski definition) is 1. The minimum atomic E-state index is -0.517. The third-order valence-electron chi connectivity index (χ3n) is 1.40. The fourth-order valence-corrected chi connectivity index (χ4v) is 1.50. The topological polar surface area (TPSA) is 78.1 Å². The lowest BCUT2D eigenvalue weighted by atomic mass is 10.2. The van der Waals surface area contributed by atoms with Gasteiger partial charge in [-0.05, 0) is 27.7 Å². The molecule has 0 radical (unpaired) electrons. The van der Waals surface area contributed by atoms with E-state index >= 15 is 0 Å². The van der Waals surface area contributed by atoms with Gasteiger partial charge in [0, 0.05) is 0 Å². The molecule has 0 aliphatic rings. The molecule has 0 aliphatic carbocycles. The van der Waals surface area contributed by atoms with Gasteiger partial charge in [0.15, 0.2) is 0 Å². The summed E-state index contributed by atoms with van der Waals surface area (Å²) in [5.74, 6) is -0.452. The van der Waals surface area contributed by atoms with E-state index in [-0.39, 0.29) is 11.0 Å². The van der Waals surface area contributed by atoms with E-state index in [1.54, 1.807) is 27.7 Å². The van der Waals surface area contributed by atoms with Gasteiger partial charge in [-0.15, -0.1) is 10.2 Å². The monoisotopic (exact) mass is 229 g/mol. The van der Waals surface area contributed by atoms with E-state index < -0.39 is 11.6 Å². The van der Waals surface area contributed by atoms with E-state index in [9.17, 15) is 4.79 Å². The van der Waals surface area contributed by atoms with Gasteiger partial charge in [0.2, 0.25) is 5.01 Å². The van der Waals surface area contributed by atoms with Crippen molar-refractivity contribution >= 4 is 17.3 Å². The van der Waals surface area contributed by atoms with E-state index in [1.807, 2.05) is 0 Å². The molecule has 15 heavy (non-hydrogen) atoms. The normalized spacial score (nSPS) is 13.7. The highest BCUT2D eigenvalue weighted by Gasteiger charge is 2.21. The first kappa shape index (κ1) is 12.1. The Morgan fingerprint density at radius 1 is 1.47 bits per heavy atom. The average molecular weight is 229 g/mol. The van der Waals surface area contributed by atoms with Crippen molar-refractivity contribution in [1.82, 2.24) is 10.2 Å². The molecule has 1 heterocycles. The van der Waals surface area contributed by atoms with Gasteiger partial charge >= 0.3 is 5.97 Å². The third kappa shape index (κ3) is 3.56. The molecule has 0 aliphatic heterocycles. The molecule has 84 valence electrons. The summed E-state index contributed by atoms with van der Waals surface area (Å²) in [6.07, 6.45) is 0. The molecular formula is C9H15N3O2S. The van der Waals surface area contributed by atoms with Gasteiger partial charge in [0.05, 0.1) is 6.04 Å². The number of rotatable bonds is 2. The van der Waals surface area contributed by atoms with Crippen LogP contribution in [0.4, 0.5) is 0 Å². The second-order valence-electron chi connectivity index (χ2n) is 4.24. The van der Waals surface area contributed by atoms with Gasteiger partial charge in [-0.25, -0.2) is 4.79 Å². The van der Waals surface area contributed by atoms with Crippen molar-refractivity contribution in [3.05, 3.63) is 10.0 Å². The fourth-order valence-electron chi connectivity index (χ4n) is 0.823. The van der Waals surface area contributed by atoms with Crippen molar-refractivity contribution in [3.63, 3.8) is 0 Å². The summed E-state index contributed by atoms with van der Waals surface area (Å²) in [4.78, 5) is 11.5. The zero-order chi connectivity index (χ0) is 11.6. The molecule has 2 N–H and O–H groups in total. The number of esters is 1. The van der Waals surface area contributed by atoms with Crippen molar-refractivity contribution in [1.29, 1.82) is 0 Å². The zero-order valence-electron chi connectivity index (χ0n) is 9.27. The lowest BCUT2D eigenvalue weighted by Gasteiger charge is -2.17. The van der Waals surface area contributed by atoms with Crippen LogP contribution in [0, 0.1) is 0 Å². The summed E-state index contributed by atoms with van der Waals surface area (Å²) in [6.45, 7) is 7.20. The Labute approximate surface area is 92.6 Å². The molecule has 1 atom stereocenters. The Bertz CT molecular complexity index is 354. The van der Waals surface area contributed by atoms with Gasteiger partial charge in [0.25, 0.3) is 0 Å². The van der Waals surface area contributed by atoms with Crippen LogP contribution in [0.5, 0.6) is 0 Å². The van der Waals surface area contributed by atoms with Crippen LogP contribution >= 0.6 is 11.3 Å². The zero-order valence-corrected chi connectivity index (χ0v) is 10.1. The first-order valence-electron chi connectivity index (χ1n) is 4.62. The summed E-state index contributed by atoms with van der Waals surface area (Å²) >= 11 is 1.17. The molecule has 0 spiro atoms. The van der Waals surface area contributed by atoms with Crippen LogP contribution in [0.3, 0.4) is 0 Å². The minimum absolute atomic E-state index is 0.210. The predicted molar refractivity (Wildman–Crippen MR) is 57.7 cm³/mol. The molecule has 1 aromatic heterocycles. The average Bonchev–Trinajstić information content (AvgIpc) is 2.47. The van der Waals surface area contributed by atoms with E-state index in [0.717, 1.165) is 0 Å². The van der Waals surface area contributed by atoms with E-state index in [1.165, 1.54) is 11.3 Å². The van der Waals surface area contributed by atoms with Gasteiger partial charge < -0.3 is 10.5 Å². The second kappa shape index (κ2) is 4.24. The minimum Gasteiger partial charge on any atom is -0.455 e. The first-order chi connectivity index (χ1) is 6.79. The fraction of sp³-hybridized carbons (Fsp3) is 0.667.